The Balaban J connectivity index is 0.00000156. The van der Waals surface area contributed by atoms with Gasteiger partial charge >= 0.3 is 146 Å². The monoisotopic (exact) mass is 413 g/mol. The molecule has 0 N–H and O–H groups in total. The average molecular weight is 414 g/mol. The van der Waals surface area contributed by atoms with Crippen LogP contribution in [0.15, 0.2) is 53.6 Å². The smallest absolute Gasteiger partial charge is 0.147 e. The van der Waals surface area contributed by atoms with Gasteiger partial charge in [0.05, 0.1) is 0 Å². The summed E-state index contributed by atoms with van der Waals surface area (Å²) in [5.41, 5.74) is 5.78. The summed E-state index contributed by atoms with van der Waals surface area (Å²) in [7, 11) is 0. The molecule has 0 radical (unpaired) electrons. The summed E-state index contributed by atoms with van der Waals surface area (Å²) < 4.78 is 7.66. The summed E-state index contributed by atoms with van der Waals surface area (Å²) in [6.07, 6.45) is 2.39. The van der Waals surface area contributed by atoms with Crippen molar-refractivity contribution < 1.29 is 21.6 Å². The number of rotatable bonds is 4. The topological polar surface area (TPSA) is 9.23 Å². The fourth-order valence-electron chi connectivity index (χ4n) is 3.75. The molecule has 0 bridgehead atoms. The first-order valence-electron chi connectivity index (χ1n) is 8.43. The van der Waals surface area contributed by atoms with Gasteiger partial charge in [-0.1, -0.05) is 0 Å². The zero-order valence-corrected chi connectivity index (χ0v) is 18.7. The Bertz CT molecular complexity index is 811. The van der Waals surface area contributed by atoms with Crippen LogP contribution in [0, 0.1) is 5.92 Å². The molecular weight excluding hydrogens is 387 g/mol. The molecule has 1 aliphatic carbocycles. The molecule has 0 heterocycles. The molecule has 1 unspecified atom stereocenters. The second kappa shape index (κ2) is 9.39. The second-order valence-electron chi connectivity index (χ2n) is 6.38. The molecule has 0 saturated heterocycles. The predicted molar refractivity (Wildman–Crippen MR) is 111 cm³/mol. The van der Waals surface area contributed by atoms with Gasteiger partial charge in [0.25, 0.3) is 0 Å². The first kappa shape index (κ1) is 22.5. The minimum Gasteiger partial charge on any atom is -0.147 e. The van der Waals surface area contributed by atoms with E-state index in [0.29, 0.717) is 5.92 Å². The third kappa shape index (κ3) is 4.23. The van der Waals surface area contributed by atoms with E-state index >= 15 is 0 Å². The van der Waals surface area contributed by atoms with Crippen LogP contribution in [0.1, 0.15) is 33.3 Å². The maximum atomic E-state index is 6.16. The quantitative estimate of drug-likeness (QED) is 0.534. The SMILES string of the molecule is CC[O][Ti]([CH3])[c]1c(C2=C(C)C(C)=CC2C)ccc2ccccc12.Cl.Cl. The standard InChI is InChI=1S/C18H17.C2H5O.CH3.2ClH.Ti/c1-12-10-13(2)18(14(12)3)17-9-8-15-6-4-5-7-16(15)11-17;1-2-3;;;;/h4-10,13H,1-3H3;2H2,1H3;1H3;2*1H;/q;-1;;;;+1. The Morgan fingerprint density at radius 1 is 1.04 bits per heavy atom. The van der Waals surface area contributed by atoms with Crippen molar-refractivity contribution in [1.82, 2.24) is 0 Å². The minimum atomic E-state index is -1.74. The fraction of sp³-hybridized carbons (Fsp3) is 0.333. The molecule has 3 rings (SSSR count). The van der Waals surface area contributed by atoms with Gasteiger partial charge in [-0.3, -0.25) is 0 Å². The Labute approximate surface area is 170 Å². The Kier molecular flexibility index (Phi) is 8.44. The van der Waals surface area contributed by atoms with Gasteiger partial charge in [-0.25, -0.2) is 0 Å². The van der Waals surface area contributed by atoms with E-state index in [1.165, 1.54) is 36.9 Å². The van der Waals surface area contributed by atoms with Crippen LogP contribution in [0.4, 0.5) is 0 Å². The Morgan fingerprint density at radius 2 is 1.72 bits per heavy atom. The van der Waals surface area contributed by atoms with Gasteiger partial charge in [-0.05, 0) is 0 Å². The van der Waals surface area contributed by atoms with Gasteiger partial charge in [-0.2, -0.15) is 0 Å². The van der Waals surface area contributed by atoms with Crippen LogP contribution in [0.2, 0.25) is 5.23 Å². The van der Waals surface area contributed by atoms with Crippen LogP contribution in [-0.4, -0.2) is 6.61 Å². The summed E-state index contributed by atoms with van der Waals surface area (Å²) in [6, 6.07) is 13.3. The summed E-state index contributed by atoms with van der Waals surface area (Å²) in [5, 5.41) is 5.05. The van der Waals surface area contributed by atoms with Crippen LogP contribution < -0.4 is 3.87 Å². The zero-order chi connectivity index (χ0) is 16.6. The molecule has 0 fully saturated rings. The van der Waals surface area contributed by atoms with Crippen molar-refractivity contribution in [2.45, 2.75) is 32.9 Å². The molecular formula is C21H27Cl2OTi. The molecule has 0 spiro atoms. The van der Waals surface area contributed by atoms with Crippen LogP contribution >= 0.6 is 24.8 Å². The number of fused-ring (bicyclic) bond motifs is 1. The Morgan fingerprint density at radius 3 is 2.32 bits per heavy atom. The first-order valence-corrected chi connectivity index (χ1v) is 11.4. The summed E-state index contributed by atoms with van der Waals surface area (Å²) in [6.45, 7) is 9.71. The Hall–Kier alpha value is -0.566. The predicted octanol–water partition coefficient (Wildman–Crippen LogP) is 6.30. The molecule has 0 aromatic heterocycles. The second-order valence-corrected chi connectivity index (χ2v) is 9.34. The van der Waals surface area contributed by atoms with Crippen LogP contribution in [0.3, 0.4) is 0 Å². The molecule has 0 aliphatic heterocycles. The first-order chi connectivity index (χ1) is 11.0. The summed E-state index contributed by atoms with van der Waals surface area (Å²) >= 11 is -1.74. The largest absolute Gasteiger partial charge is 0.147 e. The van der Waals surface area contributed by atoms with E-state index in [2.05, 4.69) is 75.4 Å². The van der Waals surface area contributed by atoms with Crippen molar-refractivity contribution >= 4 is 45.0 Å². The van der Waals surface area contributed by atoms with Gasteiger partial charge < -0.3 is 0 Å². The van der Waals surface area contributed by atoms with Gasteiger partial charge in [0.1, 0.15) is 0 Å². The zero-order valence-electron chi connectivity index (χ0n) is 15.6. The van der Waals surface area contributed by atoms with Crippen molar-refractivity contribution in [2.75, 3.05) is 6.61 Å². The molecule has 25 heavy (non-hydrogen) atoms. The summed E-state index contributed by atoms with van der Waals surface area (Å²) in [4.78, 5) is 0. The van der Waals surface area contributed by atoms with E-state index in [-0.39, 0.29) is 24.8 Å². The molecule has 1 aliphatic rings. The molecule has 0 amide bonds. The van der Waals surface area contributed by atoms with Gasteiger partial charge in [0, 0.05) is 0 Å². The van der Waals surface area contributed by atoms with E-state index < -0.39 is 18.3 Å². The minimum absolute atomic E-state index is 0. The number of allylic oxidation sites excluding steroid dienone is 4. The number of halogens is 2. The molecule has 0 saturated carbocycles. The van der Waals surface area contributed by atoms with Gasteiger partial charge in [-0.15, -0.1) is 24.8 Å². The maximum absolute atomic E-state index is 6.16. The molecule has 135 valence electrons. The number of hydrogen-bond donors (Lipinski definition) is 0. The van der Waals surface area contributed by atoms with Crippen molar-refractivity contribution in [3.8, 4) is 0 Å². The average Bonchev–Trinajstić information content (AvgIpc) is 2.79. The molecule has 4 heteroatoms. The van der Waals surface area contributed by atoms with Crippen LogP contribution in [-0.2, 0) is 21.6 Å². The maximum Gasteiger partial charge on any atom is -0.147 e. The van der Waals surface area contributed by atoms with Crippen molar-refractivity contribution in [2.24, 2.45) is 5.92 Å². The van der Waals surface area contributed by atoms with Crippen molar-refractivity contribution in [1.29, 1.82) is 0 Å². The third-order valence-electron chi connectivity index (χ3n) is 4.88. The van der Waals surface area contributed by atoms with E-state index in [1.807, 2.05) is 0 Å². The molecule has 1 atom stereocenters. The number of benzene rings is 2. The molecule has 2 aromatic rings. The normalized spacial score (nSPS) is 16.4. The summed E-state index contributed by atoms with van der Waals surface area (Å²) in [5.74, 6) is 0.488. The van der Waals surface area contributed by atoms with E-state index in [1.54, 1.807) is 0 Å². The van der Waals surface area contributed by atoms with Crippen LogP contribution in [0.25, 0.3) is 16.3 Å². The van der Waals surface area contributed by atoms with Crippen molar-refractivity contribution in [3.63, 3.8) is 0 Å². The van der Waals surface area contributed by atoms with Crippen LogP contribution in [0.5, 0.6) is 0 Å². The van der Waals surface area contributed by atoms with E-state index in [0.717, 1.165) is 6.61 Å². The van der Waals surface area contributed by atoms with Crippen molar-refractivity contribution in [3.05, 3.63) is 59.2 Å². The number of hydrogen-bond acceptors (Lipinski definition) is 1. The third-order valence-corrected chi connectivity index (χ3v) is 7.95. The molecule has 1 nitrogen and oxygen atoms in total. The molecule has 2 aromatic carbocycles. The van der Waals surface area contributed by atoms with E-state index in [9.17, 15) is 0 Å². The van der Waals surface area contributed by atoms with Gasteiger partial charge in [0.15, 0.2) is 0 Å². The van der Waals surface area contributed by atoms with Gasteiger partial charge in [0.2, 0.25) is 0 Å². The van der Waals surface area contributed by atoms with E-state index in [4.69, 9.17) is 3.32 Å². The fourth-order valence-corrected chi connectivity index (χ4v) is 6.53.